The van der Waals surface area contributed by atoms with Gasteiger partial charge in [-0.25, -0.2) is 8.78 Å². The van der Waals surface area contributed by atoms with Crippen LogP contribution in [0.15, 0.2) is 18.2 Å². The summed E-state index contributed by atoms with van der Waals surface area (Å²) in [5.41, 5.74) is 4.93. The molecule has 0 spiro atoms. The van der Waals surface area contributed by atoms with E-state index >= 15 is 0 Å². The normalized spacial score (nSPS) is 24.4. The smallest absolute Gasteiger partial charge is 0.325 e. The first-order chi connectivity index (χ1) is 8.39. The van der Waals surface area contributed by atoms with E-state index in [4.69, 9.17) is 10.8 Å². The van der Waals surface area contributed by atoms with Gasteiger partial charge in [-0.05, 0) is 24.1 Å². The van der Waals surface area contributed by atoms with Gasteiger partial charge in [0.05, 0.1) is 0 Å². The molecule has 4 nitrogen and oxygen atoms in total. The maximum atomic E-state index is 13.0. The van der Waals surface area contributed by atoms with Crippen LogP contribution in [0.1, 0.15) is 12.0 Å². The Hall–Kier alpha value is -1.53. The molecule has 1 heterocycles. The molecule has 1 aliphatic rings. The zero-order chi connectivity index (χ0) is 13.3. The van der Waals surface area contributed by atoms with E-state index < -0.39 is 23.1 Å². The molecule has 1 aromatic rings. The molecule has 3 N–H and O–H groups in total. The molecule has 2 rings (SSSR count). The third-order valence-electron chi connectivity index (χ3n) is 3.13. The SMILES string of the molecule is NC1(C(=O)O)CCN(Cc2cc(F)cc(F)c2)C1. The second kappa shape index (κ2) is 4.62. The van der Waals surface area contributed by atoms with Crippen molar-refractivity contribution >= 4 is 5.97 Å². The minimum absolute atomic E-state index is 0.181. The van der Waals surface area contributed by atoms with Gasteiger partial charge in [0.1, 0.15) is 17.2 Å². The van der Waals surface area contributed by atoms with E-state index in [0.717, 1.165) is 6.07 Å². The van der Waals surface area contributed by atoms with Crippen LogP contribution in [0.2, 0.25) is 0 Å². The number of hydrogen-bond acceptors (Lipinski definition) is 3. The molecule has 1 aromatic carbocycles. The maximum Gasteiger partial charge on any atom is 0.325 e. The molecule has 0 amide bonds. The Morgan fingerprint density at radius 1 is 1.39 bits per heavy atom. The van der Waals surface area contributed by atoms with Gasteiger partial charge in [-0.15, -0.1) is 0 Å². The molecule has 1 aliphatic heterocycles. The molecule has 1 atom stereocenters. The predicted molar refractivity (Wildman–Crippen MR) is 60.8 cm³/mol. The van der Waals surface area contributed by atoms with Crippen molar-refractivity contribution in [1.29, 1.82) is 0 Å². The van der Waals surface area contributed by atoms with Crippen LogP contribution < -0.4 is 5.73 Å². The number of likely N-dealkylation sites (tertiary alicyclic amines) is 1. The summed E-state index contributed by atoms with van der Waals surface area (Å²) < 4.78 is 26.0. The van der Waals surface area contributed by atoms with E-state index in [1.165, 1.54) is 12.1 Å². The number of nitrogens with zero attached hydrogens (tertiary/aromatic N) is 1. The quantitative estimate of drug-likeness (QED) is 0.845. The lowest BCUT2D eigenvalue weighted by Crippen LogP contribution is -2.50. The van der Waals surface area contributed by atoms with Gasteiger partial charge < -0.3 is 10.8 Å². The number of hydrogen-bond donors (Lipinski definition) is 2. The van der Waals surface area contributed by atoms with Gasteiger partial charge in [0.25, 0.3) is 0 Å². The van der Waals surface area contributed by atoms with Crippen LogP contribution >= 0.6 is 0 Å². The lowest BCUT2D eigenvalue weighted by atomic mass is 10.0. The van der Waals surface area contributed by atoms with Crippen LogP contribution in [-0.2, 0) is 11.3 Å². The number of benzene rings is 1. The molecule has 1 saturated heterocycles. The lowest BCUT2D eigenvalue weighted by molar-refractivity contribution is -0.142. The molecule has 0 saturated carbocycles. The van der Waals surface area contributed by atoms with Gasteiger partial charge in [0, 0.05) is 25.7 Å². The summed E-state index contributed by atoms with van der Waals surface area (Å²) in [6, 6.07) is 3.28. The van der Waals surface area contributed by atoms with E-state index in [1.807, 2.05) is 0 Å². The molecular formula is C12H14F2N2O2. The molecule has 1 unspecified atom stereocenters. The van der Waals surface area contributed by atoms with Gasteiger partial charge in [-0.3, -0.25) is 9.69 Å². The van der Waals surface area contributed by atoms with Crippen molar-refractivity contribution in [2.24, 2.45) is 5.73 Å². The van der Waals surface area contributed by atoms with Crippen molar-refractivity contribution < 1.29 is 18.7 Å². The van der Waals surface area contributed by atoms with Gasteiger partial charge in [-0.1, -0.05) is 0 Å². The molecule has 6 heteroatoms. The first kappa shape index (κ1) is 12.9. The highest BCUT2D eigenvalue weighted by molar-refractivity contribution is 5.79. The maximum absolute atomic E-state index is 13.0. The average Bonchev–Trinajstić information content (AvgIpc) is 2.60. The standard InChI is InChI=1S/C12H14F2N2O2/c13-9-3-8(4-10(14)5-9)6-16-2-1-12(15,7-16)11(17)18/h3-5H,1-2,6-7,15H2,(H,17,18). The molecule has 0 aromatic heterocycles. The average molecular weight is 256 g/mol. The molecule has 0 radical (unpaired) electrons. The van der Waals surface area contributed by atoms with Crippen LogP contribution in [0.3, 0.4) is 0 Å². The van der Waals surface area contributed by atoms with Gasteiger partial charge in [0.15, 0.2) is 0 Å². The number of aliphatic carboxylic acids is 1. The summed E-state index contributed by atoms with van der Waals surface area (Å²) in [4.78, 5) is 12.7. The van der Waals surface area contributed by atoms with E-state index in [-0.39, 0.29) is 6.54 Å². The fourth-order valence-corrected chi connectivity index (χ4v) is 2.18. The highest BCUT2D eigenvalue weighted by Gasteiger charge is 2.41. The van der Waals surface area contributed by atoms with Crippen molar-refractivity contribution in [3.63, 3.8) is 0 Å². The highest BCUT2D eigenvalue weighted by atomic mass is 19.1. The summed E-state index contributed by atoms with van der Waals surface area (Å²) in [5.74, 6) is -2.32. The zero-order valence-electron chi connectivity index (χ0n) is 9.70. The minimum Gasteiger partial charge on any atom is -0.480 e. The monoisotopic (exact) mass is 256 g/mol. The lowest BCUT2D eigenvalue weighted by Gasteiger charge is -2.20. The summed E-state index contributed by atoms with van der Waals surface area (Å²) in [6.07, 6.45) is 0.333. The van der Waals surface area contributed by atoms with Crippen molar-refractivity contribution in [1.82, 2.24) is 4.90 Å². The Morgan fingerprint density at radius 2 is 2.00 bits per heavy atom. The van der Waals surface area contributed by atoms with Crippen molar-refractivity contribution in [2.45, 2.75) is 18.5 Å². The Morgan fingerprint density at radius 3 is 2.50 bits per heavy atom. The molecular weight excluding hydrogens is 242 g/mol. The molecule has 0 aliphatic carbocycles. The predicted octanol–water partition coefficient (Wildman–Crippen LogP) is 0.953. The van der Waals surface area contributed by atoms with E-state index in [1.54, 1.807) is 4.90 Å². The number of carbonyl (C=O) groups is 1. The van der Waals surface area contributed by atoms with Crippen molar-refractivity contribution in [2.75, 3.05) is 13.1 Å². The van der Waals surface area contributed by atoms with Crippen molar-refractivity contribution in [3.05, 3.63) is 35.4 Å². The Labute approximate surface area is 103 Å². The number of rotatable bonds is 3. The van der Waals surface area contributed by atoms with Gasteiger partial charge in [0.2, 0.25) is 0 Å². The van der Waals surface area contributed by atoms with E-state index in [2.05, 4.69) is 0 Å². The third-order valence-corrected chi connectivity index (χ3v) is 3.13. The summed E-state index contributed by atoms with van der Waals surface area (Å²) in [6.45, 7) is 0.975. The van der Waals surface area contributed by atoms with Gasteiger partial charge >= 0.3 is 5.97 Å². The molecule has 98 valence electrons. The van der Waals surface area contributed by atoms with Gasteiger partial charge in [-0.2, -0.15) is 0 Å². The first-order valence-electron chi connectivity index (χ1n) is 5.59. The fraction of sp³-hybridized carbons (Fsp3) is 0.417. The Balaban J connectivity index is 2.06. The molecule has 0 bridgehead atoms. The molecule has 1 fully saturated rings. The number of nitrogens with two attached hydrogens (primary N) is 1. The minimum atomic E-state index is -1.26. The molecule has 18 heavy (non-hydrogen) atoms. The zero-order valence-corrected chi connectivity index (χ0v) is 9.70. The summed E-state index contributed by atoms with van der Waals surface area (Å²) >= 11 is 0. The van der Waals surface area contributed by atoms with Crippen molar-refractivity contribution in [3.8, 4) is 0 Å². The van der Waals surface area contributed by atoms with Crippen LogP contribution in [0.25, 0.3) is 0 Å². The van der Waals surface area contributed by atoms with E-state index in [0.29, 0.717) is 25.1 Å². The fourth-order valence-electron chi connectivity index (χ4n) is 2.18. The Bertz CT molecular complexity index is 461. The third kappa shape index (κ3) is 2.65. The van der Waals surface area contributed by atoms with Crippen LogP contribution in [0.4, 0.5) is 8.78 Å². The number of carboxylic acid groups (broad SMARTS) is 1. The topological polar surface area (TPSA) is 66.6 Å². The largest absolute Gasteiger partial charge is 0.480 e. The first-order valence-corrected chi connectivity index (χ1v) is 5.59. The van der Waals surface area contributed by atoms with Crippen LogP contribution in [-0.4, -0.2) is 34.6 Å². The number of carboxylic acids is 1. The second-order valence-electron chi connectivity index (χ2n) is 4.70. The van der Waals surface area contributed by atoms with Crippen LogP contribution in [0.5, 0.6) is 0 Å². The summed E-state index contributed by atoms with van der Waals surface area (Å²) in [5, 5.41) is 8.97. The van der Waals surface area contributed by atoms with Crippen LogP contribution in [0, 0.1) is 11.6 Å². The number of halogens is 2. The Kier molecular flexibility index (Phi) is 3.32. The summed E-state index contributed by atoms with van der Waals surface area (Å²) in [7, 11) is 0. The highest BCUT2D eigenvalue weighted by Crippen LogP contribution is 2.21. The second-order valence-corrected chi connectivity index (χ2v) is 4.70. The van der Waals surface area contributed by atoms with E-state index in [9.17, 15) is 13.6 Å².